The number of amides is 1. The van der Waals surface area contributed by atoms with Gasteiger partial charge in [-0.2, -0.15) is 4.98 Å². The topological polar surface area (TPSA) is 397 Å². The Balaban J connectivity index is 0.00000666. The molecule has 1 amide bonds. The van der Waals surface area contributed by atoms with Gasteiger partial charge in [-0.25, -0.2) is 14.3 Å². The van der Waals surface area contributed by atoms with E-state index in [-0.39, 0.29) is 58.7 Å². The summed E-state index contributed by atoms with van der Waals surface area (Å²) in [5, 5.41) is 107. The number of aliphatic hydroxyl groups excluding tert-OH is 6. The number of aromatic nitrogens is 5. The zero-order valence-corrected chi connectivity index (χ0v) is 39.3. The number of hydrogen-bond donors (Lipinski definition) is 11. The molecule has 8 rings (SSSR count). The SMILES string of the molecule is C[C@]12CC[C@@H]3c4ccc(O)cc4CC[C@H]3[C@@H]1CC[C@@]2(O)c1cn(CC(=O)N[C@H]2[C@H]([C@H](O)[C@H](O)CO)O[C@](OP(=O)([O-])OC[C@H]3O[C@@H](n4ccc(N)nc4=O)[C@H](O)[C@@H]3O)(C(=O)O)C[C@@H]2O)nn1.[Na+]. The maximum atomic E-state index is 13.6. The van der Waals surface area contributed by atoms with E-state index in [4.69, 9.17) is 24.3 Å². The molecule has 2 saturated carbocycles. The van der Waals surface area contributed by atoms with Gasteiger partial charge in [0.25, 0.3) is 13.6 Å². The van der Waals surface area contributed by atoms with Crippen molar-refractivity contribution in [3.8, 4) is 5.75 Å². The number of fused-ring (bicyclic) bond motifs is 5. The van der Waals surface area contributed by atoms with E-state index in [2.05, 4.69) is 27.5 Å². The largest absolute Gasteiger partial charge is 1.00 e. The molecule has 2 saturated heterocycles. The molecule has 1 unspecified atom stereocenters. The molecular formula is C40H53N7NaO18P. The molecular weight excluding hydrogens is 920 g/mol. The van der Waals surface area contributed by atoms with Gasteiger partial charge in [0.15, 0.2) is 6.23 Å². The molecule has 2 aliphatic heterocycles. The van der Waals surface area contributed by atoms with E-state index in [1.54, 1.807) is 6.07 Å². The quantitative estimate of drug-likeness (QED) is 0.0529. The number of nitrogens with two attached hydrogens (primary N) is 1. The van der Waals surface area contributed by atoms with Gasteiger partial charge in [0, 0.05) is 18.0 Å². The number of hydrogen-bond acceptors (Lipinski definition) is 21. The third-order valence-corrected chi connectivity index (χ3v) is 15.4. The fraction of sp³-hybridized carbons (Fsp3) is 0.650. The number of benzene rings is 1. The standard InChI is InChI=1S/C40H54N7O18P.Na/c1-38-9-6-21-20-5-3-19(49)12-18(20)2-4-22(21)23(38)7-10-39(38,59)27-14-46(45-44-27)15-29(52)43-30-24(50)13-40(36(56)57,64-34(30)31(53)25(51)16-48)65-66(60,61)62-17-26-32(54)33(55)35(63-26)47-11-8-28(41)42-37(47)58;/h3,5,8,11-12,14,21-26,30-35,48-51,53-55,59H,2,4,6-7,9-10,13,15-17H2,1H3,(H,43,52)(H,56,57)(H,60,61)(H2,41,42,58);/q;+1/p-1/t21-,22-,23+,24+,25-,26-,30-,31-,32-,33-,34-,35-,38+,39-,40-;/m1./s1. The van der Waals surface area contributed by atoms with Crippen molar-refractivity contribution < 1.29 is 113 Å². The van der Waals surface area contributed by atoms with Crippen LogP contribution in [0.5, 0.6) is 5.75 Å². The normalized spacial score (nSPS) is 36.4. The van der Waals surface area contributed by atoms with Crippen LogP contribution in [-0.4, -0.2) is 150 Å². The van der Waals surface area contributed by atoms with Crippen LogP contribution in [-0.2, 0) is 51.2 Å². The van der Waals surface area contributed by atoms with E-state index in [9.17, 15) is 69.8 Å². The average Bonchev–Trinajstić information content (AvgIpc) is 3.93. The number of aliphatic hydroxyl groups is 7. The third-order valence-electron chi connectivity index (χ3n) is 14.4. The molecule has 25 nitrogen and oxygen atoms in total. The number of ether oxygens (including phenoxy) is 2. The minimum absolute atomic E-state index is 0. The number of carbonyl (C=O) groups excluding carboxylic acids is 1. The first-order chi connectivity index (χ1) is 31.1. The summed E-state index contributed by atoms with van der Waals surface area (Å²) in [5.74, 6) is -5.69. The summed E-state index contributed by atoms with van der Waals surface area (Å²) in [6.07, 6.45) is -10.00. The summed E-state index contributed by atoms with van der Waals surface area (Å²) in [6.45, 7) is -0.802. The number of phenols is 1. The van der Waals surface area contributed by atoms with Crippen LogP contribution in [0.1, 0.15) is 74.4 Å². The van der Waals surface area contributed by atoms with Crippen molar-refractivity contribution in [2.24, 2.45) is 17.3 Å². The summed E-state index contributed by atoms with van der Waals surface area (Å²) in [6, 6.07) is 4.93. The monoisotopic (exact) mass is 973 g/mol. The molecule has 0 radical (unpaired) electrons. The molecule has 12 N–H and O–H groups in total. The molecule has 5 aliphatic rings. The van der Waals surface area contributed by atoms with Crippen molar-refractivity contribution in [3.05, 3.63) is 64.0 Å². The number of carbonyl (C=O) groups is 2. The van der Waals surface area contributed by atoms with Gasteiger partial charge in [0.1, 0.15) is 66.0 Å². The second-order valence-electron chi connectivity index (χ2n) is 18.1. The minimum atomic E-state index is -5.91. The van der Waals surface area contributed by atoms with Gasteiger partial charge < -0.3 is 75.9 Å². The van der Waals surface area contributed by atoms with Crippen molar-refractivity contribution in [1.29, 1.82) is 0 Å². The van der Waals surface area contributed by atoms with E-state index < -0.39 is 123 Å². The summed E-state index contributed by atoms with van der Waals surface area (Å²) < 4.78 is 35.7. The number of carboxylic acids is 1. The van der Waals surface area contributed by atoms with Crippen LogP contribution in [0.15, 0.2) is 41.5 Å². The number of carboxylic acid groups (broad SMARTS) is 1. The number of aromatic hydroxyl groups is 1. The number of phosphoric ester groups is 1. The van der Waals surface area contributed by atoms with Crippen molar-refractivity contribution in [1.82, 2.24) is 29.9 Å². The van der Waals surface area contributed by atoms with Crippen LogP contribution < -0.4 is 51.2 Å². The van der Waals surface area contributed by atoms with Gasteiger partial charge in [-0.15, -0.1) is 5.10 Å². The number of phosphoric acid groups is 1. The molecule has 27 heteroatoms. The van der Waals surface area contributed by atoms with Crippen LogP contribution >= 0.6 is 7.82 Å². The molecule has 4 heterocycles. The van der Waals surface area contributed by atoms with Gasteiger partial charge >= 0.3 is 41.2 Å². The molecule has 3 aliphatic carbocycles. The van der Waals surface area contributed by atoms with Gasteiger partial charge in [0.2, 0.25) is 5.91 Å². The first kappa shape index (κ1) is 51.4. The Morgan fingerprint density at radius 1 is 1.13 bits per heavy atom. The summed E-state index contributed by atoms with van der Waals surface area (Å²) in [7, 11) is -5.91. The first-order valence-electron chi connectivity index (χ1n) is 21.4. The number of aryl methyl sites for hydroxylation is 1. The zero-order valence-electron chi connectivity index (χ0n) is 36.4. The Kier molecular flexibility index (Phi) is 14.9. The maximum absolute atomic E-state index is 13.6. The Morgan fingerprint density at radius 3 is 2.58 bits per heavy atom. The Bertz CT molecular complexity index is 2430. The minimum Gasteiger partial charge on any atom is -0.756 e. The number of anilines is 1. The molecule has 0 spiro atoms. The Morgan fingerprint density at radius 2 is 1.88 bits per heavy atom. The number of nitrogen functional groups attached to an aromatic ring is 1. The molecule has 1 aromatic carbocycles. The molecule has 3 aromatic rings. The van der Waals surface area contributed by atoms with E-state index in [0.717, 1.165) is 46.7 Å². The second-order valence-corrected chi connectivity index (χ2v) is 19.5. The Labute approximate surface area is 403 Å². The third kappa shape index (κ3) is 9.47. The van der Waals surface area contributed by atoms with Gasteiger partial charge in [-0.3, -0.25) is 18.5 Å². The van der Waals surface area contributed by atoms with E-state index >= 15 is 0 Å². The molecule has 0 bridgehead atoms. The van der Waals surface area contributed by atoms with Crippen LogP contribution in [0.2, 0.25) is 0 Å². The smallest absolute Gasteiger partial charge is 0.756 e. The van der Waals surface area contributed by atoms with Crippen molar-refractivity contribution in [3.63, 3.8) is 0 Å². The summed E-state index contributed by atoms with van der Waals surface area (Å²) >= 11 is 0. The second kappa shape index (κ2) is 19.4. The first-order valence-corrected chi connectivity index (χ1v) is 22.9. The fourth-order valence-electron chi connectivity index (χ4n) is 11.0. The van der Waals surface area contributed by atoms with Crippen LogP contribution in [0.4, 0.5) is 5.82 Å². The molecule has 362 valence electrons. The fourth-order valence-corrected chi connectivity index (χ4v) is 12.0. The molecule has 67 heavy (non-hydrogen) atoms. The number of nitrogens with one attached hydrogen (secondary N) is 1. The van der Waals surface area contributed by atoms with E-state index in [1.807, 2.05) is 12.1 Å². The Hall–Kier alpha value is -3.47. The number of aliphatic carboxylic acids is 1. The summed E-state index contributed by atoms with van der Waals surface area (Å²) in [5.41, 5.74) is 5.13. The average molecular weight is 974 g/mol. The van der Waals surface area contributed by atoms with Crippen LogP contribution in [0, 0.1) is 17.3 Å². The van der Waals surface area contributed by atoms with Gasteiger partial charge in [-0.05, 0) is 85.6 Å². The maximum Gasteiger partial charge on any atom is 1.00 e. The predicted molar refractivity (Wildman–Crippen MR) is 217 cm³/mol. The number of rotatable bonds is 14. The molecule has 16 atom stereocenters. The summed E-state index contributed by atoms with van der Waals surface area (Å²) in [4.78, 5) is 55.3. The van der Waals surface area contributed by atoms with Gasteiger partial charge in [-0.1, -0.05) is 18.2 Å². The van der Waals surface area contributed by atoms with Crippen LogP contribution in [0.25, 0.3) is 0 Å². The van der Waals surface area contributed by atoms with Crippen molar-refractivity contribution >= 4 is 25.5 Å². The van der Waals surface area contributed by atoms with Crippen molar-refractivity contribution in [2.75, 3.05) is 18.9 Å². The van der Waals surface area contributed by atoms with Crippen LogP contribution in [0.3, 0.4) is 0 Å². The van der Waals surface area contributed by atoms with Crippen molar-refractivity contribution in [2.45, 2.75) is 131 Å². The van der Waals surface area contributed by atoms with Gasteiger partial charge in [0.05, 0.1) is 31.6 Å². The number of phenolic OH excluding ortho intramolecular Hbond substituents is 1. The zero-order chi connectivity index (χ0) is 47.7. The molecule has 4 fully saturated rings. The van der Waals surface area contributed by atoms with E-state index in [0.29, 0.717) is 18.8 Å². The predicted octanol–water partition coefficient (Wildman–Crippen LogP) is -6.18. The van der Waals surface area contributed by atoms with E-state index in [1.165, 1.54) is 17.8 Å². The number of nitrogens with zero attached hydrogens (tertiary/aromatic N) is 5. The molecule has 2 aromatic heterocycles.